The van der Waals surface area contributed by atoms with Crippen LogP contribution in [0.15, 0.2) is 66.9 Å². The second kappa shape index (κ2) is 12.0. The van der Waals surface area contributed by atoms with Gasteiger partial charge in [-0.05, 0) is 61.4 Å². The van der Waals surface area contributed by atoms with Crippen LogP contribution in [0.2, 0.25) is 0 Å². The standard InChI is InChI=1S/C27H29N7O2S/c35-24(16-18-6-2-1-3-7-18)29-23-12-11-22(31-32-23)15-19-9-10-20(14-19)26-33-34-27(37-26)30-25(36)17-21-8-4-5-13-28-21/h1-8,11-13,19-20,25,36H,9-10,14-17H2,(H,30,34)(H,29,32,35)/t19-,20+,25?/m0/s1. The van der Waals surface area contributed by atoms with E-state index in [9.17, 15) is 9.90 Å². The van der Waals surface area contributed by atoms with E-state index in [2.05, 4.69) is 36.0 Å². The number of aromatic nitrogens is 5. The zero-order valence-corrected chi connectivity index (χ0v) is 21.1. The van der Waals surface area contributed by atoms with Gasteiger partial charge in [-0.1, -0.05) is 47.7 Å². The summed E-state index contributed by atoms with van der Waals surface area (Å²) >= 11 is 1.50. The zero-order valence-electron chi connectivity index (χ0n) is 20.3. The molecule has 10 heteroatoms. The third kappa shape index (κ3) is 7.14. The van der Waals surface area contributed by atoms with Gasteiger partial charge >= 0.3 is 0 Å². The van der Waals surface area contributed by atoms with Gasteiger partial charge in [-0.2, -0.15) is 5.10 Å². The first-order chi connectivity index (χ1) is 18.1. The number of nitrogens with one attached hydrogen (secondary N) is 2. The highest BCUT2D eigenvalue weighted by Crippen LogP contribution is 2.41. The Kier molecular flexibility index (Phi) is 8.07. The fourth-order valence-corrected chi connectivity index (χ4v) is 5.59. The van der Waals surface area contributed by atoms with Gasteiger partial charge in [0.25, 0.3) is 0 Å². The average molecular weight is 516 g/mol. The summed E-state index contributed by atoms with van der Waals surface area (Å²) in [7, 11) is 0. The highest BCUT2D eigenvalue weighted by atomic mass is 32.1. The van der Waals surface area contributed by atoms with Crippen LogP contribution in [-0.4, -0.2) is 42.6 Å². The maximum atomic E-state index is 12.2. The van der Waals surface area contributed by atoms with Gasteiger partial charge in [-0.15, -0.1) is 15.3 Å². The summed E-state index contributed by atoms with van der Waals surface area (Å²) in [4.78, 5) is 16.5. The maximum Gasteiger partial charge on any atom is 0.229 e. The van der Waals surface area contributed by atoms with Gasteiger partial charge in [-0.25, -0.2) is 0 Å². The van der Waals surface area contributed by atoms with Gasteiger partial charge in [0.2, 0.25) is 11.0 Å². The number of anilines is 2. The molecule has 1 saturated carbocycles. The van der Waals surface area contributed by atoms with Crippen LogP contribution in [0.3, 0.4) is 0 Å². The molecular weight excluding hydrogens is 486 g/mol. The average Bonchev–Trinajstić information content (AvgIpc) is 3.56. The molecule has 0 spiro atoms. The van der Waals surface area contributed by atoms with E-state index in [4.69, 9.17) is 0 Å². The molecule has 9 nitrogen and oxygen atoms in total. The summed E-state index contributed by atoms with van der Waals surface area (Å²) in [6, 6.07) is 19.0. The third-order valence-corrected chi connectivity index (χ3v) is 7.46. The molecule has 0 bridgehead atoms. The lowest BCUT2D eigenvalue weighted by molar-refractivity contribution is -0.115. The van der Waals surface area contributed by atoms with Crippen molar-refractivity contribution in [3.63, 3.8) is 0 Å². The fraction of sp³-hybridized carbons (Fsp3) is 0.333. The van der Waals surface area contributed by atoms with Gasteiger partial charge in [0, 0.05) is 24.2 Å². The number of hydrogen-bond donors (Lipinski definition) is 3. The highest BCUT2D eigenvalue weighted by Gasteiger charge is 2.29. The number of carbonyl (C=O) groups excluding carboxylic acids is 1. The quantitative estimate of drug-likeness (QED) is 0.271. The Balaban J connectivity index is 1.08. The fourth-order valence-electron chi connectivity index (χ4n) is 4.65. The lowest BCUT2D eigenvalue weighted by Gasteiger charge is -2.10. The molecule has 190 valence electrons. The van der Waals surface area contributed by atoms with E-state index in [0.717, 1.165) is 47.6 Å². The first-order valence-electron chi connectivity index (χ1n) is 12.4. The molecule has 3 N–H and O–H groups in total. The molecule has 1 unspecified atom stereocenters. The van der Waals surface area contributed by atoms with Crippen LogP contribution in [0.25, 0.3) is 0 Å². The smallest absolute Gasteiger partial charge is 0.229 e. The summed E-state index contributed by atoms with van der Waals surface area (Å²) in [5, 5.41) is 34.9. The third-order valence-electron chi connectivity index (χ3n) is 6.44. The van der Waals surface area contributed by atoms with Crippen molar-refractivity contribution < 1.29 is 9.90 Å². The molecular formula is C27H29N7O2S. The van der Waals surface area contributed by atoms with E-state index in [1.54, 1.807) is 6.20 Å². The second-order valence-electron chi connectivity index (χ2n) is 9.33. The molecule has 5 rings (SSSR count). The van der Waals surface area contributed by atoms with Crippen LogP contribution >= 0.6 is 11.3 Å². The van der Waals surface area contributed by atoms with E-state index >= 15 is 0 Å². The Morgan fingerprint density at radius 2 is 1.84 bits per heavy atom. The number of carbonyl (C=O) groups is 1. The molecule has 3 atom stereocenters. The van der Waals surface area contributed by atoms with Crippen molar-refractivity contribution in [2.45, 2.75) is 50.7 Å². The number of benzene rings is 1. The Morgan fingerprint density at radius 1 is 0.973 bits per heavy atom. The van der Waals surface area contributed by atoms with E-state index < -0.39 is 6.23 Å². The number of aliphatic hydroxyl groups is 1. The summed E-state index contributed by atoms with van der Waals surface area (Å²) < 4.78 is 0. The lowest BCUT2D eigenvalue weighted by atomic mass is 10.00. The van der Waals surface area contributed by atoms with Crippen LogP contribution < -0.4 is 10.6 Å². The second-order valence-corrected chi connectivity index (χ2v) is 10.3. The molecule has 0 saturated heterocycles. The van der Waals surface area contributed by atoms with Crippen LogP contribution in [0.5, 0.6) is 0 Å². The predicted molar refractivity (Wildman–Crippen MR) is 142 cm³/mol. The molecule has 1 aliphatic rings. The van der Waals surface area contributed by atoms with Gasteiger partial charge in [0.1, 0.15) is 11.2 Å². The molecule has 0 aliphatic heterocycles. The monoisotopic (exact) mass is 515 g/mol. The van der Waals surface area contributed by atoms with Crippen LogP contribution in [0, 0.1) is 5.92 Å². The largest absolute Gasteiger partial charge is 0.373 e. The van der Waals surface area contributed by atoms with E-state index in [1.807, 2.05) is 60.7 Å². The first-order valence-corrected chi connectivity index (χ1v) is 13.3. The molecule has 0 radical (unpaired) electrons. The molecule has 1 amide bonds. The molecule has 1 fully saturated rings. The summed E-state index contributed by atoms with van der Waals surface area (Å²) in [5.74, 6) is 1.21. The molecule has 4 aromatic rings. The number of pyridine rings is 1. The normalized spacial score (nSPS) is 17.9. The van der Waals surface area contributed by atoms with E-state index in [-0.39, 0.29) is 5.91 Å². The van der Waals surface area contributed by atoms with Crippen molar-refractivity contribution in [1.82, 2.24) is 25.4 Å². The van der Waals surface area contributed by atoms with Crippen LogP contribution in [-0.2, 0) is 24.1 Å². The van der Waals surface area contributed by atoms with Crippen molar-refractivity contribution in [1.29, 1.82) is 0 Å². The molecule has 3 aromatic heterocycles. The minimum atomic E-state index is -0.767. The van der Waals surface area contributed by atoms with Crippen LogP contribution in [0.1, 0.15) is 47.1 Å². The SMILES string of the molecule is O=C(Cc1ccccc1)Nc1ccc(C[C@H]2CC[C@@H](c3nnc(NC(O)Cc4ccccn4)s3)C2)nn1. The lowest BCUT2D eigenvalue weighted by Crippen LogP contribution is -2.21. The Morgan fingerprint density at radius 3 is 2.62 bits per heavy atom. The molecule has 1 aliphatic carbocycles. The summed E-state index contributed by atoms with van der Waals surface area (Å²) in [6.07, 6.45) is 5.65. The number of hydrogen-bond acceptors (Lipinski definition) is 9. The maximum absolute atomic E-state index is 12.2. The summed E-state index contributed by atoms with van der Waals surface area (Å²) in [6.45, 7) is 0. The summed E-state index contributed by atoms with van der Waals surface area (Å²) in [5.41, 5.74) is 2.69. The Labute approximate surface area is 219 Å². The number of nitrogens with zero attached hydrogens (tertiary/aromatic N) is 5. The Hall–Kier alpha value is -3.76. The van der Waals surface area contributed by atoms with E-state index in [0.29, 0.717) is 35.6 Å². The number of amides is 1. The molecule has 1 aromatic carbocycles. The van der Waals surface area contributed by atoms with Crippen molar-refractivity contribution >= 4 is 28.2 Å². The van der Waals surface area contributed by atoms with Crippen molar-refractivity contribution in [3.05, 3.63) is 88.8 Å². The molecule has 3 heterocycles. The van der Waals surface area contributed by atoms with Crippen molar-refractivity contribution in [3.8, 4) is 0 Å². The predicted octanol–water partition coefficient (Wildman–Crippen LogP) is 4.00. The van der Waals surface area contributed by atoms with Gasteiger partial charge in [0.15, 0.2) is 5.82 Å². The van der Waals surface area contributed by atoms with Crippen molar-refractivity contribution in [2.75, 3.05) is 10.6 Å². The first kappa shape index (κ1) is 24.9. The Bertz CT molecular complexity index is 1290. The van der Waals surface area contributed by atoms with Gasteiger partial charge < -0.3 is 15.7 Å². The number of aliphatic hydroxyl groups excluding tert-OH is 1. The highest BCUT2D eigenvalue weighted by molar-refractivity contribution is 7.15. The molecule has 37 heavy (non-hydrogen) atoms. The topological polar surface area (TPSA) is 126 Å². The van der Waals surface area contributed by atoms with Crippen molar-refractivity contribution in [2.24, 2.45) is 5.92 Å². The number of rotatable bonds is 10. The van der Waals surface area contributed by atoms with Gasteiger partial charge in [-0.3, -0.25) is 9.78 Å². The minimum Gasteiger partial charge on any atom is -0.373 e. The van der Waals surface area contributed by atoms with E-state index in [1.165, 1.54) is 11.3 Å². The van der Waals surface area contributed by atoms with Crippen LogP contribution in [0.4, 0.5) is 10.9 Å². The minimum absolute atomic E-state index is 0.109. The zero-order chi connectivity index (χ0) is 25.5. The van der Waals surface area contributed by atoms with Gasteiger partial charge in [0.05, 0.1) is 12.1 Å².